The third-order valence-corrected chi connectivity index (χ3v) is 8.76. The SMILES string of the molecule is CCC(C)N(CC(=O)N1CCc2sccc2C1c1ccccc1C)C(=O)CCC1CCCC1. The average Bonchev–Trinajstić information content (AvgIpc) is 3.52. The van der Waals surface area contributed by atoms with E-state index in [0.717, 1.165) is 19.3 Å². The van der Waals surface area contributed by atoms with Crippen molar-refractivity contribution in [2.45, 2.75) is 84.2 Å². The molecule has 1 fully saturated rings. The van der Waals surface area contributed by atoms with Gasteiger partial charge in [0.05, 0.1) is 6.04 Å². The first kappa shape index (κ1) is 24.0. The first-order chi connectivity index (χ1) is 16.0. The molecule has 0 radical (unpaired) electrons. The molecule has 2 aliphatic rings. The molecule has 2 amide bonds. The Labute approximate surface area is 203 Å². The second kappa shape index (κ2) is 10.9. The van der Waals surface area contributed by atoms with Crippen molar-refractivity contribution in [2.24, 2.45) is 5.92 Å². The molecule has 1 aliphatic heterocycles. The lowest BCUT2D eigenvalue weighted by atomic mass is 9.90. The number of amides is 2. The molecule has 1 aromatic heterocycles. The summed E-state index contributed by atoms with van der Waals surface area (Å²) in [6.07, 6.45) is 8.39. The molecule has 2 heterocycles. The molecule has 1 saturated carbocycles. The summed E-state index contributed by atoms with van der Waals surface area (Å²) in [6, 6.07) is 10.6. The summed E-state index contributed by atoms with van der Waals surface area (Å²) in [4.78, 5) is 32.2. The van der Waals surface area contributed by atoms with Gasteiger partial charge in [-0.2, -0.15) is 0 Å². The van der Waals surface area contributed by atoms with Gasteiger partial charge >= 0.3 is 0 Å². The number of hydrogen-bond acceptors (Lipinski definition) is 3. The van der Waals surface area contributed by atoms with Gasteiger partial charge in [-0.05, 0) is 67.2 Å². The lowest BCUT2D eigenvalue weighted by Crippen LogP contribution is -2.49. The third-order valence-electron chi connectivity index (χ3n) is 7.76. The van der Waals surface area contributed by atoms with Crippen molar-refractivity contribution in [3.8, 4) is 0 Å². The van der Waals surface area contributed by atoms with Gasteiger partial charge in [-0.25, -0.2) is 0 Å². The summed E-state index contributed by atoms with van der Waals surface area (Å²) in [5.41, 5.74) is 3.63. The first-order valence-electron chi connectivity index (χ1n) is 12.7. The molecular weight excluding hydrogens is 428 g/mol. The second-order valence-electron chi connectivity index (χ2n) is 9.86. The number of aryl methyl sites for hydroxylation is 1. The number of hydrogen-bond donors (Lipinski definition) is 0. The van der Waals surface area contributed by atoms with Crippen molar-refractivity contribution >= 4 is 23.2 Å². The van der Waals surface area contributed by atoms with Crippen molar-refractivity contribution in [1.82, 2.24) is 9.80 Å². The third kappa shape index (κ3) is 5.34. The van der Waals surface area contributed by atoms with E-state index in [1.54, 1.807) is 11.3 Å². The number of thiophene rings is 1. The smallest absolute Gasteiger partial charge is 0.243 e. The summed E-state index contributed by atoms with van der Waals surface area (Å²) in [5, 5.41) is 2.14. The van der Waals surface area contributed by atoms with Crippen LogP contribution in [0.3, 0.4) is 0 Å². The summed E-state index contributed by atoms with van der Waals surface area (Å²) in [7, 11) is 0. The molecule has 4 nitrogen and oxygen atoms in total. The quantitative estimate of drug-likeness (QED) is 0.470. The molecule has 2 unspecified atom stereocenters. The molecule has 1 aromatic carbocycles. The van der Waals surface area contributed by atoms with Crippen LogP contribution < -0.4 is 0 Å². The predicted octanol–water partition coefficient (Wildman–Crippen LogP) is 6.13. The Bertz CT molecular complexity index is 962. The summed E-state index contributed by atoms with van der Waals surface area (Å²) < 4.78 is 0. The van der Waals surface area contributed by atoms with E-state index in [4.69, 9.17) is 0 Å². The maximum absolute atomic E-state index is 13.8. The van der Waals surface area contributed by atoms with E-state index in [2.05, 4.69) is 56.5 Å². The zero-order valence-electron chi connectivity index (χ0n) is 20.4. The topological polar surface area (TPSA) is 40.6 Å². The predicted molar refractivity (Wildman–Crippen MR) is 135 cm³/mol. The van der Waals surface area contributed by atoms with Gasteiger partial charge in [-0.1, -0.05) is 56.9 Å². The number of benzene rings is 1. The molecule has 4 rings (SSSR count). The molecule has 2 aromatic rings. The molecule has 5 heteroatoms. The van der Waals surface area contributed by atoms with Crippen LogP contribution in [-0.4, -0.2) is 40.7 Å². The largest absolute Gasteiger partial charge is 0.331 e. The first-order valence-corrected chi connectivity index (χ1v) is 13.6. The van der Waals surface area contributed by atoms with Gasteiger partial charge in [0.2, 0.25) is 11.8 Å². The van der Waals surface area contributed by atoms with Crippen LogP contribution >= 0.6 is 11.3 Å². The fourth-order valence-electron chi connectivity index (χ4n) is 5.53. The Morgan fingerprint density at radius 2 is 1.91 bits per heavy atom. The zero-order valence-corrected chi connectivity index (χ0v) is 21.2. The Hall–Kier alpha value is -2.14. The maximum Gasteiger partial charge on any atom is 0.243 e. The van der Waals surface area contributed by atoms with E-state index in [9.17, 15) is 9.59 Å². The number of rotatable bonds is 8. The van der Waals surface area contributed by atoms with Gasteiger partial charge in [0.15, 0.2) is 0 Å². The Morgan fingerprint density at radius 3 is 2.64 bits per heavy atom. The fourth-order valence-corrected chi connectivity index (χ4v) is 6.43. The summed E-state index contributed by atoms with van der Waals surface area (Å²) >= 11 is 1.79. The zero-order chi connectivity index (χ0) is 23.4. The van der Waals surface area contributed by atoms with Gasteiger partial charge in [0.25, 0.3) is 0 Å². The molecule has 0 N–H and O–H groups in total. The van der Waals surface area contributed by atoms with Crippen molar-refractivity contribution in [1.29, 1.82) is 0 Å². The van der Waals surface area contributed by atoms with Gasteiger partial charge in [0, 0.05) is 23.9 Å². The average molecular weight is 467 g/mol. The van der Waals surface area contributed by atoms with E-state index in [-0.39, 0.29) is 30.4 Å². The maximum atomic E-state index is 13.8. The van der Waals surface area contributed by atoms with E-state index < -0.39 is 0 Å². The second-order valence-corrected chi connectivity index (χ2v) is 10.9. The van der Waals surface area contributed by atoms with Crippen LogP contribution in [0.5, 0.6) is 0 Å². The minimum Gasteiger partial charge on any atom is -0.331 e. The Morgan fingerprint density at radius 1 is 1.15 bits per heavy atom. The molecular formula is C28H38N2O2S. The molecule has 0 bridgehead atoms. The van der Waals surface area contributed by atoms with E-state index >= 15 is 0 Å². The van der Waals surface area contributed by atoms with Crippen LogP contribution in [0.2, 0.25) is 0 Å². The Kier molecular flexibility index (Phi) is 7.90. The normalized spacial score (nSPS) is 19.4. The van der Waals surface area contributed by atoms with Gasteiger partial charge in [-0.3, -0.25) is 9.59 Å². The number of carbonyl (C=O) groups excluding carboxylic acids is 2. The number of nitrogens with zero attached hydrogens (tertiary/aromatic N) is 2. The molecule has 2 atom stereocenters. The van der Waals surface area contributed by atoms with Crippen molar-refractivity contribution in [3.05, 3.63) is 57.3 Å². The van der Waals surface area contributed by atoms with Crippen LogP contribution in [0, 0.1) is 12.8 Å². The highest BCUT2D eigenvalue weighted by molar-refractivity contribution is 7.10. The van der Waals surface area contributed by atoms with E-state index in [1.165, 1.54) is 47.3 Å². The van der Waals surface area contributed by atoms with Crippen LogP contribution in [0.25, 0.3) is 0 Å². The fraction of sp³-hybridized carbons (Fsp3) is 0.571. The van der Waals surface area contributed by atoms with E-state index in [1.807, 2.05) is 9.80 Å². The minimum atomic E-state index is -0.0685. The molecule has 33 heavy (non-hydrogen) atoms. The van der Waals surface area contributed by atoms with Crippen LogP contribution in [-0.2, 0) is 16.0 Å². The summed E-state index contributed by atoms with van der Waals surface area (Å²) in [5.74, 6) is 0.896. The van der Waals surface area contributed by atoms with Gasteiger partial charge < -0.3 is 9.80 Å². The lowest BCUT2D eigenvalue weighted by molar-refractivity contribution is -0.143. The van der Waals surface area contributed by atoms with Crippen molar-refractivity contribution < 1.29 is 9.59 Å². The monoisotopic (exact) mass is 466 g/mol. The highest BCUT2D eigenvalue weighted by Gasteiger charge is 2.35. The van der Waals surface area contributed by atoms with Crippen LogP contribution in [0.15, 0.2) is 35.7 Å². The van der Waals surface area contributed by atoms with Crippen LogP contribution in [0.4, 0.5) is 0 Å². The standard InChI is InChI=1S/C28H38N2O2S/c1-4-21(3)30(26(31)14-13-22-10-6-7-11-22)19-27(32)29-17-15-25-24(16-18-33-25)28(29)23-12-8-5-9-20(23)2/h5,8-9,12,16,18,21-22,28H,4,6-7,10-11,13-15,17,19H2,1-3H3. The summed E-state index contributed by atoms with van der Waals surface area (Å²) in [6.45, 7) is 7.18. The molecule has 1 aliphatic carbocycles. The molecule has 178 valence electrons. The van der Waals surface area contributed by atoms with Crippen molar-refractivity contribution in [2.75, 3.05) is 13.1 Å². The Balaban J connectivity index is 1.53. The molecule has 0 spiro atoms. The van der Waals surface area contributed by atoms with Gasteiger partial charge in [0.1, 0.15) is 6.54 Å². The van der Waals surface area contributed by atoms with E-state index in [0.29, 0.717) is 18.9 Å². The lowest BCUT2D eigenvalue weighted by Gasteiger charge is -2.39. The van der Waals surface area contributed by atoms with Crippen molar-refractivity contribution in [3.63, 3.8) is 0 Å². The highest BCUT2D eigenvalue weighted by Crippen LogP contribution is 2.39. The van der Waals surface area contributed by atoms with Gasteiger partial charge in [-0.15, -0.1) is 11.3 Å². The molecule has 0 saturated heterocycles. The highest BCUT2D eigenvalue weighted by atomic mass is 32.1. The van der Waals surface area contributed by atoms with Crippen LogP contribution in [0.1, 0.15) is 86.4 Å². The number of carbonyl (C=O) groups is 2. The number of fused-ring (bicyclic) bond motifs is 1. The minimum absolute atomic E-state index is 0.0645.